The Balaban J connectivity index is 1.46. The van der Waals surface area contributed by atoms with Crippen LogP contribution in [0, 0.1) is 4.77 Å². The molecule has 3 N–H and O–H groups in total. The topological polar surface area (TPSA) is 91.8 Å². The SMILES string of the molecule is O=C(NCc1n[nH]c(=S)n1C1CC1)c1ccc(Cl)c(NC(=O)c2cccs2)c1. The predicted octanol–water partition coefficient (Wildman–Crippen LogP) is 4.17. The van der Waals surface area contributed by atoms with Gasteiger partial charge in [-0.1, -0.05) is 17.7 Å². The van der Waals surface area contributed by atoms with Crippen LogP contribution >= 0.6 is 35.2 Å². The van der Waals surface area contributed by atoms with Crippen molar-refractivity contribution in [2.45, 2.75) is 25.4 Å². The lowest BCUT2D eigenvalue weighted by Gasteiger charge is -2.10. The number of nitrogens with zero attached hydrogens (tertiary/aromatic N) is 2. The third-order valence-electron chi connectivity index (χ3n) is 4.32. The lowest BCUT2D eigenvalue weighted by molar-refractivity contribution is 0.0948. The fraction of sp³-hybridized carbons (Fsp3) is 0.222. The van der Waals surface area contributed by atoms with Gasteiger partial charge in [-0.05, 0) is 54.7 Å². The molecule has 0 bridgehead atoms. The largest absolute Gasteiger partial charge is 0.345 e. The van der Waals surface area contributed by atoms with Gasteiger partial charge in [-0.2, -0.15) is 5.10 Å². The highest BCUT2D eigenvalue weighted by atomic mass is 35.5. The molecule has 0 unspecified atom stereocenters. The summed E-state index contributed by atoms with van der Waals surface area (Å²) in [5.41, 5.74) is 0.770. The summed E-state index contributed by atoms with van der Waals surface area (Å²) >= 11 is 12.7. The van der Waals surface area contributed by atoms with E-state index in [2.05, 4.69) is 20.8 Å². The molecular formula is C18H16ClN5O2S2. The second-order valence-electron chi connectivity index (χ2n) is 6.35. The van der Waals surface area contributed by atoms with Crippen LogP contribution in [0.1, 0.15) is 44.7 Å². The minimum absolute atomic E-state index is 0.252. The number of hydrogen-bond acceptors (Lipinski definition) is 5. The highest BCUT2D eigenvalue weighted by Crippen LogP contribution is 2.35. The zero-order chi connectivity index (χ0) is 19.7. The lowest BCUT2D eigenvalue weighted by atomic mass is 10.2. The molecule has 144 valence electrons. The number of carbonyl (C=O) groups excluding carboxylic acids is 2. The van der Waals surface area contributed by atoms with Gasteiger partial charge in [-0.15, -0.1) is 11.3 Å². The number of aromatic amines is 1. The average Bonchev–Trinajstić information content (AvgIpc) is 3.22. The fourth-order valence-electron chi connectivity index (χ4n) is 2.79. The Bertz CT molecular complexity index is 1090. The number of anilines is 1. The summed E-state index contributed by atoms with van der Waals surface area (Å²) in [6.07, 6.45) is 2.14. The van der Waals surface area contributed by atoms with E-state index >= 15 is 0 Å². The Labute approximate surface area is 174 Å². The van der Waals surface area contributed by atoms with E-state index in [0.29, 0.717) is 37.8 Å². The molecule has 0 saturated heterocycles. The number of hydrogen-bond donors (Lipinski definition) is 3. The Morgan fingerprint density at radius 1 is 1.32 bits per heavy atom. The van der Waals surface area contributed by atoms with E-state index in [0.717, 1.165) is 12.8 Å². The van der Waals surface area contributed by atoms with Crippen molar-refractivity contribution in [2.75, 3.05) is 5.32 Å². The van der Waals surface area contributed by atoms with Crippen molar-refractivity contribution in [2.24, 2.45) is 0 Å². The number of H-pyrrole nitrogens is 1. The fourth-order valence-corrected chi connectivity index (χ4v) is 3.87. The van der Waals surface area contributed by atoms with Crippen LogP contribution in [0.4, 0.5) is 5.69 Å². The third kappa shape index (κ3) is 4.01. The maximum absolute atomic E-state index is 12.6. The van der Waals surface area contributed by atoms with Crippen LogP contribution in [-0.2, 0) is 6.54 Å². The molecule has 0 atom stereocenters. The number of nitrogens with one attached hydrogen (secondary N) is 3. The maximum Gasteiger partial charge on any atom is 0.265 e. The molecule has 10 heteroatoms. The van der Waals surface area contributed by atoms with Gasteiger partial charge in [0.1, 0.15) is 0 Å². The molecule has 4 rings (SSSR count). The quantitative estimate of drug-likeness (QED) is 0.508. The second-order valence-corrected chi connectivity index (χ2v) is 8.10. The van der Waals surface area contributed by atoms with Crippen LogP contribution in [0.5, 0.6) is 0 Å². The van der Waals surface area contributed by atoms with Gasteiger partial charge in [0.25, 0.3) is 11.8 Å². The zero-order valence-electron chi connectivity index (χ0n) is 14.6. The van der Waals surface area contributed by atoms with Crippen LogP contribution < -0.4 is 10.6 Å². The Morgan fingerprint density at radius 2 is 2.14 bits per heavy atom. The average molecular weight is 434 g/mol. The molecule has 2 aromatic heterocycles. The van der Waals surface area contributed by atoms with Gasteiger partial charge in [0.15, 0.2) is 10.6 Å². The van der Waals surface area contributed by atoms with E-state index in [1.807, 2.05) is 9.95 Å². The van der Waals surface area contributed by atoms with E-state index in [4.69, 9.17) is 23.8 Å². The third-order valence-corrected chi connectivity index (χ3v) is 5.80. The van der Waals surface area contributed by atoms with Gasteiger partial charge in [-0.3, -0.25) is 19.3 Å². The zero-order valence-corrected chi connectivity index (χ0v) is 17.0. The van der Waals surface area contributed by atoms with Gasteiger partial charge in [0, 0.05) is 11.6 Å². The first kappa shape index (κ1) is 18.9. The standard InChI is InChI=1S/C18H16ClN5O2S2/c19-12-6-3-10(8-13(12)21-17(26)14-2-1-7-28-14)16(25)20-9-15-22-23-18(27)24(15)11-4-5-11/h1-3,6-8,11H,4-5,9H2,(H,20,25)(H,21,26)(H,23,27). The first-order valence-electron chi connectivity index (χ1n) is 8.61. The minimum atomic E-state index is -0.292. The lowest BCUT2D eigenvalue weighted by Crippen LogP contribution is -2.25. The van der Waals surface area contributed by atoms with Crippen LogP contribution in [-0.4, -0.2) is 26.6 Å². The summed E-state index contributed by atoms with van der Waals surface area (Å²) in [7, 11) is 0. The van der Waals surface area contributed by atoms with Crippen molar-refractivity contribution >= 4 is 52.7 Å². The highest BCUT2D eigenvalue weighted by molar-refractivity contribution is 7.71. The number of rotatable bonds is 6. The molecule has 1 aliphatic carbocycles. The summed E-state index contributed by atoms with van der Waals surface area (Å²) < 4.78 is 2.52. The molecule has 1 aromatic carbocycles. The molecule has 1 aliphatic rings. The molecule has 2 amide bonds. The molecule has 1 fully saturated rings. The van der Waals surface area contributed by atoms with Crippen LogP contribution in [0.2, 0.25) is 5.02 Å². The van der Waals surface area contributed by atoms with Crippen LogP contribution in [0.15, 0.2) is 35.7 Å². The van der Waals surface area contributed by atoms with Gasteiger partial charge in [-0.25, -0.2) is 0 Å². The maximum atomic E-state index is 12.6. The summed E-state index contributed by atoms with van der Waals surface area (Å²) in [5.74, 6) is 0.134. The van der Waals surface area contributed by atoms with E-state index in [1.165, 1.54) is 11.3 Å². The molecule has 3 aromatic rings. The molecule has 0 spiro atoms. The predicted molar refractivity (Wildman–Crippen MR) is 111 cm³/mol. The van der Waals surface area contributed by atoms with Gasteiger partial charge < -0.3 is 10.6 Å². The number of benzene rings is 1. The van der Waals surface area contributed by atoms with Crippen molar-refractivity contribution < 1.29 is 9.59 Å². The monoisotopic (exact) mass is 433 g/mol. The summed E-state index contributed by atoms with van der Waals surface area (Å²) in [5, 5.41) is 14.7. The number of carbonyl (C=O) groups is 2. The Hall–Kier alpha value is -2.49. The molecular weight excluding hydrogens is 418 g/mol. The van der Waals surface area contributed by atoms with Crippen molar-refractivity contribution in [3.05, 3.63) is 61.8 Å². The normalized spacial score (nSPS) is 13.3. The highest BCUT2D eigenvalue weighted by Gasteiger charge is 2.27. The summed E-state index contributed by atoms with van der Waals surface area (Å²) in [6.45, 7) is 0.252. The number of amides is 2. The van der Waals surface area contributed by atoms with Gasteiger partial charge in [0.2, 0.25) is 0 Å². The Kier molecular flexibility index (Phi) is 5.29. The molecule has 0 aliphatic heterocycles. The smallest absolute Gasteiger partial charge is 0.265 e. The van der Waals surface area contributed by atoms with E-state index in [9.17, 15) is 9.59 Å². The summed E-state index contributed by atoms with van der Waals surface area (Å²) in [6, 6.07) is 8.63. The second kappa shape index (κ2) is 7.86. The minimum Gasteiger partial charge on any atom is -0.345 e. The van der Waals surface area contributed by atoms with Crippen LogP contribution in [0.3, 0.4) is 0 Å². The molecule has 2 heterocycles. The van der Waals surface area contributed by atoms with E-state index < -0.39 is 0 Å². The van der Waals surface area contributed by atoms with E-state index in [1.54, 1.807) is 30.3 Å². The first-order valence-corrected chi connectivity index (χ1v) is 10.3. The first-order chi connectivity index (χ1) is 13.5. The summed E-state index contributed by atoms with van der Waals surface area (Å²) in [4.78, 5) is 25.4. The number of thiophene rings is 1. The van der Waals surface area contributed by atoms with E-state index in [-0.39, 0.29) is 18.4 Å². The van der Waals surface area contributed by atoms with Crippen molar-refractivity contribution in [1.82, 2.24) is 20.1 Å². The molecule has 28 heavy (non-hydrogen) atoms. The van der Waals surface area contributed by atoms with Crippen molar-refractivity contribution in [1.29, 1.82) is 0 Å². The Morgan fingerprint density at radius 3 is 2.86 bits per heavy atom. The van der Waals surface area contributed by atoms with Crippen LogP contribution in [0.25, 0.3) is 0 Å². The molecule has 1 saturated carbocycles. The molecule has 7 nitrogen and oxygen atoms in total. The van der Waals surface area contributed by atoms with Crippen molar-refractivity contribution in [3.8, 4) is 0 Å². The number of aromatic nitrogens is 3. The van der Waals surface area contributed by atoms with Gasteiger partial charge in [0.05, 0.1) is 22.1 Å². The van der Waals surface area contributed by atoms with Crippen molar-refractivity contribution in [3.63, 3.8) is 0 Å². The molecule has 0 radical (unpaired) electrons. The number of halogens is 1. The van der Waals surface area contributed by atoms with Gasteiger partial charge >= 0.3 is 0 Å².